The minimum atomic E-state index is 0. The molecule has 0 aliphatic rings. The van der Waals surface area contributed by atoms with Gasteiger partial charge in [0, 0.05) is 0 Å². The average Bonchev–Trinajstić information content (AvgIpc) is 0. The molecule has 0 fully saturated rings. The third kappa shape index (κ3) is 26.1. The minimum absolute atomic E-state index is 0. The van der Waals surface area contributed by atoms with Gasteiger partial charge in [0.1, 0.15) is 0 Å². The fourth-order valence-electron chi connectivity index (χ4n) is 0. The molecule has 0 unspecified atom stereocenters. The molecule has 38 valence electrons. The summed E-state index contributed by atoms with van der Waals surface area (Å²) in [5.41, 5.74) is 0. The van der Waals surface area contributed by atoms with Gasteiger partial charge in [-0.1, -0.05) is 0 Å². The Kier molecular flexibility index (Phi) is 7180. The van der Waals surface area contributed by atoms with E-state index >= 15 is 0 Å². The summed E-state index contributed by atoms with van der Waals surface area (Å²) >= 11 is 0. The summed E-state index contributed by atoms with van der Waals surface area (Å²) in [5.74, 6) is 0. The second-order valence-electron chi connectivity index (χ2n) is 0. The normalized spacial score (nSPS) is 0. The molecule has 0 saturated heterocycles. The molecule has 0 heterocycles. The van der Waals surface area contributed by atoms with Crippen molar-refractivity contribution >= 4 is 0 Å². The Balaban J connectivity index is 0. The standard InChI is InChI=1S/3BrH.No/h3*1H;/p-3. The van der Waals surface area contributed by atoms with Crippen LogP contribution in [0.3, 0.4) is 0 Å². The average molecular weight is 499 g/mol. The summed E-state index contributed by atoms with van der Waals surface area (Å²) in [4.78, 5) is 0. The van der Waals surface area contributed by atoms with Crippen molar-refractivity contribution in [3.8, 4) is 0 Å². The molecular formula is Br3No-3. The molecule has 0 aromatic carbocycles. The van der Waals surface area contributed by atoms with E-state index in [1.165, 1.54) is 0 Å². The zero-order valence-electron chi connectivity index (χ0n) is 1.40. The van der Waals surface area contributed by atoms with Gasteiger partial charge >= 0.3 is 0 Å². The van der Waals surface area contributed by atoms with E-state index in [9.17, 15) is 0 Å². The Labute approximate surface area is 50.9 Å². The van der Waals surface area contributed by atoms with Crippen LogP contribution in [-0.4, -0.2) is 0 Å². The van der Waals surface area contributed by atoms with Gasteiger partial charge in [-0.15, -0.1) is 0 Å². The Hall–Kier alpha value is 0.440. The minimum Gasteiger partial charge on any atom is -1.00 e. The fraction of sp³-hybridized carbons (Fsp3) is 0. The molecule has 0 aliphatic carbocycles. The van der Waals surface area contributed by atoms with Crippen LogP contribution in [0.5, 0.6) is 0 Å². The first kappa shape index (κ1) is 271. The van der Waals surface area contributed by atoms with E-state index in [1.54, 1.807) is 0 Å². The van der Waals surface area contributed by atoms with Crippen LogP contribution in [0.4, 0.5) is 0 Å². The Morgan fingerprint density at radius 2 is 0.500 bits per heavy atom. The molecule has 0 radical (unpaired) electrons. The molecule has 0 rings (SSSR count). The van der Waals surface area contributed by atoms with Crippen molar-refractivity contribution in [3.63, 3.8) is 0 Å². The SMILES string of the molecule is [Br-].[Br-].[Br-].[No]. The van der Waals surface area contributed by atoms with Crippen molar-refractivity contribution in [3.05, 3.63) is 0 Å². The molecule has 0 bridgehead atoms. The van der Waals surface area contributed by atoms with Crippen LogP contribution >= 0.6 is 0 Å². The molecule has 0 saturated carbocycles. The van der Waals surface area contributed by atoms with Crippen molar-refractivity contribution in [1.29, 1.82) is 0 Å². The van der Waals surface area contributed by atoms with Crippen LogP contribution in [0.15, 0.2) is 0 Å². The smallest absolute Gasteiger partial charge is 0 e. The van der Waals surface area contributed by atoms with Gasteiger partial charge in [-0.05, 0) is 0 Å². The van der Waals surface area contributed by atoms with Gasteiger partial charge in [0.25, 0.3) is 0 Å². The molecule has 0 amide bonds. The van der Waals surface area contributed by atoms with Gasteiger partial charge in [-0.25, -0.2) is 0 Å². The fourth-order valence-corrected chi connectivity index (χ4v) is 0. The first-order valence-corrected chi connectivity index (χ1v) is 0. The van der Waals surface area contributed by atoms with E-state index in [0.717, 1.165) is 0 Å². The van der Waals surface area contributed by atoms with Crippen LogP contribution in [0.1, 0.15) is 0 Å². The van der Waals surface area contributed by atoms with Crippen LogP contribution in [-0.2, 0) is 0 Å². The number of hydrogen-bond donors (Lipinski definition) is 0. The number of rotatable bonds is 0. The summed E-state index contributed by atoms with van der Waals surface area (Å²) in [7, 11) is 0. The molecule has 0 aromatic rings. The predicted molar refractivity (Wildman–Crippen MR) is 0 cm³/mol. The second kappa shape index (κ2) is 106. The zero-order valence-corrected chi connectivity index (χ0v) is 8.38. The largest absolute Gasteiger partial charge is 1.00 e. The predicted octanol–water partition coefficient (Wildman–Crippen LogP) is -8.99. The van der Waals surface area contributed by atoms with E-state index in [0.29, 0.717) is 0 Å². The van der Waals surface area contributed by atoms with E-state index in [-0.39, 0.29) is 50.9 Å². The van der Waals surface area contributed by atoms with Crippen molar-refractivity contribution in [2.75, 3.05) is 0 Å². The Morgan fingerprint density at radius 3 is 0.500 bits per heavy atom. The molecule has 0 aliphatic heterocycles. The quantitative estimate of drug-likeness (QED) is 0.311. The summed E-state index contributed by atoms with van der Waals surface area (Å²) in [6, 6.07) is 0. The van der Waals surface area contributed by atoms with Crippen molar-refractivity contribution in [1.82, 2.24) is 0 Å². The van der Waals surface area contributed by atoms with Gasteiger partial charge in [0.2, 0.25) is 0 Å². The molecule has 0 nitrogen and oxygen atoms in total. The van der Waals surface area contributed by atoms with E-state index < -0.39 is 0 Å². The zero-order chi connectivity index (χ0) is 0. The second-order valence-corrected chi connectivity index (χ2v) is 0. The molecule has 4 heteroatoms. The van der Waals surface area contributed by atoms with Crippen molar-refractivity contribution in [2.24, 2.45) is 0 Å². The first-order valence-electron chi connectivity index (χ1n) is 0. The third-order valence-corrected chi connectivity index (χ3v) is 0. The van der Waals surface area contributed by atoms with Gasteiger partial charge in [0.15, 0.2) is 0 Å². The monoisotopic (exact) mass is 496 g/mol. The van der Waals surface area contributed by atoms with Gasteiger partial charge in [0.05, 0.1) is 0 Å². The maximum atomic E-state index is 0. The number of hydrogen-bond acceptors (Lipinski definition) is 0. The maximum Gasteiger partial charge on any atom is 0 e. The van der Waals surface area contributed by atoms with Crippen LogP contribution in [0, 0.1) is 0 Å². The molecule has 0 N–H and O–H groups in total. The summed E-state index contributed by atoms with van der Waals surface area (Å²) in [5, 5.41) is 0. The molecule has 0 atom stereocenters. The topological polar surface area (TPSA) is 0 Å². The summed E-state index contributed by atoms with van der Waals surface area (Å²) in [6.45, 7) is 0. The summed E-state index contributed by atoms with van der Waals surface area (Å²) < 4.78 is 0. The van der Waals surface area contributed by atoms with Crippen molar-refractivity contribution in [2.45, 2.75) is 0 Å². The van der Waals surface area contributed by atoms with Crippen molar-refractivity contribution < 1.29 is 50.9 Å². The van der Waals surface area contributed by atoms with E-state index in [2.05, 4.69) is 0 Å². The van der Waals surface area contributed by atoms with Gasteiger partial charge in [-0.2, -0.15) is 0 Å². The molecule has 0 spiro atoms. The first-order chi connectivity index (χ1) is 0. The molecule has 0 aromatic heterocycles. The van der Waals surface area contributed by atoms with Gasteiger partial charge in [-0.3, -0.25) is 0 Å². The van der Waals surface area contributed by atoms with Crippen LogP contribution in [0.2, 0.25) is 0 Å². The van der Waals surface area contributed by atoms with Crippen LogP contribution < -0.4 is 50.9 Å². The van der Waals surface area contributed by atoms with Gasteiger partial charge < -0.3 is 50.9 Å². The van der Waals surface area contributed by atoms with Crippen LogP contribution in [0.25, 0.3) is 0 Å². The summed E-state index contributed by atoms with van der Waals surface area (Å²) in [6.07, 6.45) is 0. The molecule has 4 heavy (non-hydrogen) atoms. The molecular weight excluding hydrogens is 499 g/mol. The Bertz CT molecular complexity index is 3.25. The number of halogens is 3. The van der Waals surface area contributed by atoms with E-state index in [4.69, 9.17) is 0 Å². The van der Waals surface area contributed by atoms with E-state index in [1.807, 2.05) is 0 Å². The third-order valence-electron chi connectivity index (χ3n) is 0. The maximum absolute atomic E-state index is 0. The Morgan fingerprint density at radius 1 is 0.500 bits per heavy atom.